The highest BCUT2D eigenvalue weighted by molar-refractivity contribution is 6.01. The Bertz CT molecular complexity index is 711. The van der Waals surface area contributed by atoms with Gasteiger partial charge >= 0.3 is 6.09 Å². The number of para-hydroxylation sites is 2. The molecule has 0 unspecified atom stereocenters. The Morgan fingerprint density at radius 2 is 1.17 bits per heavy atom. The molecule has 0 aliphatic rings. The zero-order valence-corrected chi connectivity index (χ0v) is 18.0. The second-order valence-electron chi connectivity index (χ2n) is 6.62. The van der Waals surface area contributed by atoms with Crippen LogP contribution in [0, 0.1) is 19.3 Å². The van der Waals surface area contributed by atoms with Gasteiger partial charge in [0.05, 0.1) is 11.4 Å². The Labute approximate surface area is 179 Å². The maximum Gasteiger partial charge on any atom is 0.402 e. The minimum Gasteiger partial charge on any atom is -0.465 e. The highest BCUT2D eigenvalue weighted by Gasteiger charge is 2.15. The third-order valence-corrected chi connectivity index (χ3v) is 4.11. The Balaban J connectivity index is 0.000000585. The number of amides is 1. The van der Waals surface area contributed by atoms with Gasteiger partial charge in [-0.25, -0.2) is 4.79 Å². The number of hydrogen-bond acceptors (Lipinski definition) is 4. The first kappa shape index (κ1) is 26.9. The van der Waals surface area contributed by atoms with Crippen molar-refractivity contribution in [1.29, 1.82) is 5.41 Å². The number of aryl methyl sites for hydroxylation is 2. The number of nitrogens with zero attached hydrogens (tertiary/aromatic N) is 1. The lowest BCUT2D eigenvalue weighted by Crippen LogP contribution is -2.33. The van der Waals surface area contributed by atoms with Gasteiger partial charge in [-0.05, 0) is 63.0 Å². The molecule has 0 spiro atoms. The van der Waals surface area contributed by atoms with E-state index in [1.807, 2.05) is 62.4 Å². The van der Waals surface area contributed by atoms with E-state index >= 15 is 0 Å². The fourth-order valence-electron chi connectivity index (χ4n) is 2.66. The number of primary amides is 1. The van der Waals surface area contributed by atoms with E-state index in [2.05, 4.69) is 5.73 Å². The first-order chi connectivity index (χ1) is 14.3. The van der Waals surface area contributed by atoms with Crippen molar-refractivity contribution in [3.8, 4) is 0 Å². The molecular weight excluding hydrogens is 380 g/mol. The summed E-state index contributed by atoms with van der Waals surface area (Å²) in [7, 11) is 0. The molecule has 0 saturated carbocycles. The average molecular weight is 417 g/mol. The second-order valence-corrected chi connectivity index (χ2v) is 6.62. The lowest BCUT2D eigenvalue weighted by atomic mass is 10.1. The first-order valence-corrected chi connectivity index (χ1v) is 9.90. The molecule has 2 aromatic carbocycles. The summed E-state index contributed by atoms with van der Waals surface area (Å²) in [5.41, 5.74) is 24.4. The summed E-state index contributed by atoms with van der Waals surface area (Å²) in [4.78, 5) is 10.5. The van der Waals surface area contributed by atoms with Gasteiger partial charge in [-0.1, -0.05) is 49.2 Å². The van der Waals surface area contributed by atoms with Crippen molar-refractivity contribution in [3.05, 3.63) is 59.7 Å². The van der Waals surface area contributed by atoms with Crippen molar-refractivity contribution in [3.63, 3.8) is 0 Å². The van der Waals surface area contributed by atoms with Crippen LogP contribution in [0.15, 0.2) is 48.5 Å². The molecular formula is C22H36N6O2. The number of rotatable bonds is 7. The Morgan fingerprint density at radius 3 is 1.43 bits per heavy atom. The largest absolute Gasteiger partial charge is 0.465 e. The quantitative estimate of drug-likeness (QED) is 0.229. The maximum absolute atomic E-state index is 8.78. The maximum atomic E-state index is 8.78. The van der Waals surface area contributed by atoms with Gasteiger partial charge in [0.1, 0.15) is 0 Å². The number of guanidine groups is 1. The highest BCUT2D eigenvalue weighted by atomic mass is 16.4. The lowest BCUT2D eigenvalue weighted by Gasteiger charge is -2.26. The molecule has 10 N–H and O–H groups in total. The Morgan fingerprint density at radius 1 is 0.833 bits per heavy atom. The summed E-state index contributed by atoms with van der Waals surface area (Å²) in [5.74, 6) is 0.0265. The molecule has 2 aromatic rings. The van der Waals surface area contributed by atoms with Crippen LogP contribution in [0.5, 0.6) is 0 Å². The topological polar surface area (TPSA) is 168 Å². The van der Waals surface area contributed by atoms with Crippen molar-refractivity contribution in [1.82, 2.24) is 0 Å². The van der Waals surface area contributed by atoms with Gasteiger partial charge in [0.25, 0.3) is 0 Å². The van der Waals surface area contributed by atoms with Crippen molar-refractivity contribution in [2.75, 3.05) is 18.0 Å². The second kappa shape index (κ2) is 15.8. The lowest BCUT2D eigenvalue weighted by molar-refractivity contribution is 0.205. The number of unbranched alkanes of at least 4 members (excludes halogenated alkanes) is 3. The number of anilines is 2. The zero-order valence-electron chi connectivity index (χ0n) is 18.0. The fraction of sp³-hybridized carbons (Fsp3) is 0.364. The number of carboxylic acid groups (broad SMARTS) is 1. The number of nitrogens with two attached hydrogens (primary N) is 4. The summed E-state index contributed by atoms with van der Waals surface area (Å²) in [6.07, 6.45) is 3.46. The number of carbonyl (C=O) groups is 1. The molecule has 0 atom stereocenters. The SMILES string of the molecule is Cc1ccccc1N(C(=N)N)c1ccccc1C.NC(=O)O.NCCCCCCN. The first-order valence-electron chi connectivity index (χ1n) is 9.90. The molecule has 0 fully saturated rings. The summed E-state index contributed by atoms with van der Waals surface area (Å²) in [6, 6.07) is 15.9. The highest BCUT2D eigenvalue weighted by Crippen LogP contribution is 2.29. The van der Waals surface area contributed by atoms with E-state index in [9.17, 15) is 0 Å². The minimum absolute atomic E-state index is 0.0265. The Hall–Kier alpha value is -3.10. The van der Waals surface area contributed by atoms with Crippen LogP contribution in [0.2, 0.25) is 0 Å². The average Bonchev–Trinajstić information content (AvgIpc) is 2.68. The molecule has 0 aromatic heterocycles. The van der Waals surface area contributed by atoms with Crippen LogP contribution in [-0.2, 0) is 0 Å². The van der Waals surface area contributed by atoms with Gasteiger partial charge in [-0.15, -0.1) is 0 Å². The normalized spacial score (nSPS) is 9.47. The van der Waals surface area contributed by atoms with Gasteiger partial charge in [0.15, 0.2) is 5.96 Å². The molecule has 166 valence electrons. The molecule has 0 aliphatic heterocycles. The van der Waals surface area contributed by atoms with Gasteiger partial charge < -0.3 is 28.0 Å². The van der Waals surface area contributed by atoms with Crippen LogP contribution in [0.25, 0.3) is 0 Å². The van der Waals surface area contributed by atoms with Crippen LogP contribution in [0.4, 0.5) is 16.2 Å². The molecule has 1 amide bonds. The number of benzene rings is 2. The van der Waals surface area contributed by atoms with E-state index in [1.165, 1.54) is 12.8 Å². The third kappa shape index (κ3) is 11.0. The van der Waals surface area contributed by atoms with Crippen LogP contribution >= 0.6 is 0 Å². The van der Waals surface area contributed by atoms with Crippen molar-refractivity contribution in [2.45, 2.75) is 39.5 Å². The van der Waals surface area contributed by atoms with E-state index in [-0.39, 0.29) is 5.96 Å². The van der Waals surface area contributed by atoms with Crippen LogP contribution in [0.3, 0.4) is 0 Å². The molecule has 8 nitrogen and oxygen atoms in total. The minimum atomic E-state index is -1.33. The zero-order chi connectivity index (χ0) is 22.9. The van der Waals surface area contributed by atoms with Gasteiger partial charge in [0.2, 0.25) is 0 Å². The van der Waals surface area contributed by atoms with Gasteiger partial charge in [-0.2, -0.15) is 0 Å². The van der Waals surface area contributed by atoms with Gasteiger partial charge in [0, 0.05) is 0 Å². The molecule has 0 bridgehead atoms. The summed E-state index contributed by atoms with van der Waals surface area (Å²) >= 11 is 0. The standard InChI is InChI=1S/C15H17N3.C6H16N2.CH3NO2/c1-11-7-3-5-9-13(11)18(15(16)17)14-10-6-4-8-12(14)2;7-5-3-1-2-4-6-8;2-1(3)4/h3-10H,1-2H3,(H3,16,17);1-8H2;2H2,(H,3,4). The predicted octanol–water partition coefficient (Wildman–Crippen LogP) is 3.42. The van der Waals surface area contributed by atoms with Crippen LogP contribution < -0.4 is 27.8 Å². The smallest absolute Gasteiger partial charge is 0.402 e. The molecule has 8 heteroatoms. The van der Waals surface area contributed by atoms with E-state index in [0.29, 0.717) is 0 Å². The number of hydrogen-bond donors (Lipinski definition) is 6. The van der Waals surface area contributed by atoms with E-state index in [1.54, 1.807) is 4.90 Å². The number of nitrogens with one attached hydrogen (secondary N) is 1. The third-order valence-electron chi connectivity index (χ3n) is 4.11. The molecule has 0 aliphatic carbocycles. The molecule has 0 heterocycles. The summed E-state index contributed by atoms with van der Waals surface area (Å²) in [5, 5.41) is 15.0. The van der Waals surface area contributed by atoms with Crippen LogP contribution in [-0.4, -0.2) is 30.2 Å². The van der Waals surface area contributed by atoms with E-state index in [4.69, 9.17) is 32.5 Å². The van der Waals surface area contributed by atoms with E-state index in [0.717, 1.165) is 48.4 Å². The molecule has 0 saturated heterocycles. The van der Waals surface area contributed by atoms with Crippen molar-refractivity contribution >= 4 is 23.4 Å². The fourth-order valence-corrected chi connectivity index (χ4v) is 2.66. The van der Waals surface area contributed by atoms with Crippen molar-refractivity contribution < 1.29 is 9.90 Å². The van der Waals surface area contributed by atoms with Crippen LogP contribution in [0.1, 0.15) is 36.8 Å². The van der Waals surface area contributed by atoms with E-state index < -0.39 is 6.09 Å². The predicted molar refractivity (Wildman–Crippen MR) is 125 cm³/mol. The summed E-state index contributed by atoms with van der Waals surface area (Å²) < 4.78 is 0. The molecule has 0 radical (unpaired) electrons. The monoisotopic (exact) mass is 416 g/mol. The molecule has 30 heavy (non-hydrogen) atoms. The molecule has 2 rings (SSSR count). The van der Waals surface area contributed by atoms with Gasteiger partial charge in [-0.3, -0.25) is 10.3 Å². The Kier molecular flexibility index (Phi) is 14.1. The summed E-state index contributed by atoms with van der Waals surface area (Å²) in [6.45, 7) is 5.68. The van der Waals surface area contributed by atoms with Crippen molar-refractivity contribution in [2.24, 2.45) is 22.9 Å².